The van der Waals surface area contributed by atoms with E-state index in [1.54, 1.807) is 0 Å². The van der Waals surface area contributed by atoms with E-state index >= 15 is 0 Å². The minimum absolute atomic E-state index is 0.352. The first-order chi connectivity index (χ1) is 5.81. The fourth-order valence-electron chi connectivity index (χ4n) is 3.50. The van der Waals surface area contributed by atoms with Gasteiger partial charge in [-0.3, -0.25) is 4.79 Å². The lowest BCUT2D eigenvalue weighted by molar-refractivity contribution is -0.125. The van der Waals surface area contributed by atoms with Crippen molar-refractivity contribution in [3.8, 4) is 0 Å². The van der Waals surface area contributed by atoms with E-state index in [9.17, 15) is 4.79 Å². The molecule has 12 heavy (non-hydrogen) atoms. The van der Waals surface area contributed by atoms with Crippen LogP contribution in [0.25, 0.3) is 0 Å². The predicted molar refractivity (Wildman–Crippen MR) is 45.5 cm³/mol. The highest BCUT2D eigenvalue weighted by Gasteiger charge is 2.42. The lowest BCUT2D eigenvalue weighted by Crippen LogP contribution is -2.35. The number of rotatable bonds is 0. The number of amides is 1. The molecule has 2 heterocycles. The van der Waals surface area contributed by atoms with E-state index in [2.05, 4.69) is 5.32 Å². The Labute approximate surface area is 72.7 Å². The fourth-order valence-corrected chi connectivity index (χ4v) is 3.50. The van der Waals surface area contributed by atoms with Gasteiger partial charge in [-0.1, -0.05) is 0 Å². The van der Waals surface area contributed by atoms with Crippen LogP contribution in [0.2, 0.25) is 0 Å². The summed E-state index contributed by atoms with van der Waals surface area (Å²) in [5.74, 6) is 2.46. The van der Waals surface area contributed by atoms with Crippen molar-refractivity contribution >= 4 is 5.91 Å². The molecule has 0 radical (unpaired) electrons. The summed E-state index contributed by atoms with van der Waals surface area (Å²) in [5.41, 5.74) is 0. The van der Waals surface area contributed by atoms with Crippen LogP contribution in [-0.2, 0) is 4.79 Å². The highest BCUT2D eigenvalue weighted by Crippen LogP contribution is 2.44. The maximum absolute atomic E-state index is 11.6. The smallest absolute Gasteiger partial charge is 0.223 e. The molecular weight excluding hydrogens is 150 g/mol. The van der Waals surface area contributed by atoms with Crippen molar-refractivity contribution in [2.45, 2.75) is 38.1 Å². The van der Waals surface area contributed by atoms with E-state index in [1.807, 2.05) is 0 Å². The second-order valence-electron chi connectivity index (χ2n) is 4.81. The van der Waals surface area contributed by atoms with E-state index in [-0.39, 0.29) is 0 Å². The van der Waals surface area contributed by atoms with Gasteiger partial charge in [0.2, 0.25) is 5.91 Å². The van der Waals surface area contributed by atoms with Gasteiger partial charge in [0.1, 0.15) is 0 Å². The van der Waals surface area contributed by atoms with E-state index in [0.29, 0.717) is 17.9 Å². The molecule has 0 aromatic heterocycles. The second-order valence-corrected chi connectivity index (χ2v) is 4.81. The molecule has 4 aliphatic rings. The molecule has 66 valence electrons. The summed E-state index contributed by atoms with van der Waals surface area (Å²) in [4.78, 5) is 11.6. The molecule has 2 unspecified atom stereocenters. The van der Waals surface area contributed by atoms with Gasteiger partial charge < -0.3 is 5.32 Å². The molecule has 1 N–H and O–H groups in total. The van der Waals surface area contributed by atoms with Crippen LogP contribution in [0.4, 0.5) is 0 Å². The van der Waals surface area contributed by atoms with Crippen LogP contribution in [0.5, 0.6) is 0 Å². The number of hydrogen-bond donors (Lipinski definition) is 1. The summed E-state index contributed by atoms with van der Waals surface area (Å²) >= 11 is 0. The fraction of sp³-hybridized carbons (Fsp3) is 0.900. The summed E-state index contributed by atoms with van der Waals surface area (Å²) in [7, 11) is 0. The minimum atomic E-state index is 0.352. The Hall–Kier alpha value is -0.530. The topological polar surface area (TPSA) is 29.1 Å². The molecule has 2 saturated heterocycles. The largest absolute Gasteiger partial charge is 0.353 e. The molecule has 2 atom stereocenters. The van der Waals surface area contributed by atoms with Crippen LogP contribution in [0.3, 0.4) is 0 Å². The summed E-state index contributed by atoms with van der Waals surface area (Å²) < 4.78 is 0. The Morgan fingerprint density at radius 2 is 1.67 bits per heavy atom. The van der Waals surface area contributed by atoms with Gasteiger partial charge in [-0.05, 0) is 43.9 Å². The number of hydrogen-bond acceptors (Lipinski definition) is 1. The maximum atomic E-state index is 11.6. The predicted octanol–water partition coefficient (Wildman–Crippen LogP) is 1.31. The Bertz CT molecular complexity index is 212. The zero-order valence-electron chi connectivity index (χ0n) is 7.25. The third-order valence-electron chi connectivity index (χ3n) is 3.86. The average molecular weight is 165 g/mol. The van der Waals surface area contributed by atoms with Crippen molar-refractivity contribution in [2.24, 2.45) is 17.8 Å². The number of carbonyl (C=O) groups excluding carboxylic acids is 1. The van der Waals surface area contributed by atoms with E-state index in [4.69, 9.17) is 0 Å². The second kappa shape index (κ2) is 2.24. The molecule has 2 heteroatoms. The zero-order chi connectivity index (χ0) is 8.13. The molecular formula is C10H15NO. The molecule has 2 saturated carbocycles. The minimum Gasteiger partial charge on any atom is -0.353 e. The van der Waals surface area contributed by atoms with Gasteiger partial charge in [0.05, 0.1) is 0 Å². The van der Waals surface area contributed by atoms with Gasteiger partial charge in [-0.2, -0.15) is 0 Å². The van der Waals surface area contributed by atoms with Crippen molar-refractivity contribution in [1.82, 2.24) is 5.32 Å². The molecule has 0 spiro atoms. The third-order valence-corrected chi connectivity index (χ3v) is 3.86. The molecule has 0 aromatic carbocycles. The molecule has 2 aliphatic carbocycles. The first kappa shape index (κ1) is 6.93. The van der Waals surface area contributed by atoms with Crippen molar-refractivity contribution < 1.29 is 4.79 Å². The Kier molecular flexibility index (Phi) is 1.29. The normalized spacial score (nSPS) is 50.5. The monoisotopic (exact) mass is 165 g/mol. The van der Waals surface area contributed by atoms with Crippen LogP contribution in [0.1, 0.15) is 32.1 Å². The highest BCUT2D eigenvalue weighted by molar-refractivity contribution is 5.79. The van der Waals surface area contributed by atoms with Gasteiger partial charge in [0.15, 0.2) is 0 Å². The average Bonchev–Trinajstić information content (AvgIpc) is 2.16. The molecule has 2 aliphatic heterocycles. The lowest BCUT2D eigenvalue weighted by atomic mass is 9.68. The standard InChI is InChI=1S/C10H15NO/c12-10-8-2-6-1-7(3-8)5-9(4-6)11-10/h6-9H,1-5H2,(H,11,12). The lowest BCUT2D eigenvalue weighted by Gasteiger charge is -2.36. The molecule has 4 rings (SSSR count). The zero-order valence-corrected chi connectivity index (χ0v) is 7.25. The maximum Gasteiger partial charge on any atom is 0.223 e. The summed E-state index contributed by atoms with van der Waals surface area (Å²) in [5, 5.41) is 3.16. The Morgan fingerprint density at radius 3 is 2.33 bits per heavy atom. The van der Waals surface area contributed by atoms with Crippen molar-refractivity contribution in [1.29, 1.82) is 0 Å². The van der Waals surface area contributed by atoms with E-state index in [1.165, 1.54) is 32.1 Å². The van der Waals surface area contributed by atoms with E-state index in [0.717, 1.165) is 11.8 Å². The van der Waals surface area contributed by atoms with Gasteiger partial charge in [-0.25, -0.2) is 0 Å². The summed E-state index contributed by atoms with van der Waals surface area (Å²) in [6.45, 7) is 0. The quantitative estimate of drug-likeness (QED) is 0.576. The highest BCUT2D eigenvalue weighted by atomic mass is 16.2. The Morgan fingerprint density at radius 1 is 1.00 bits per heavy atom. The molecule has 4 bridgehead atoms. The number of carbonyl (C=O) groups is 1. The van der Waals surface area contributed by atoms with Crippen LogP contribution in [0.15, 0.2) is 0 Å². The molecule has 1 amide bonds. The van der Waals surface area contributed by atoms with Gasteiger partial charge in [0.25, 0.3) is 0 Å². The van der Waals surface area contributed by atoms with Crippen LogP contribution < -0.4 is 5.32 Å². The number of fused-ring (bicyclic) bond motifs is 1. The van der Waals surface area contributed by atoms with Gasteiger partial charge in [0, 0.05) is 12.0 Å². The van der Waals surface area contributed by atoms with Gasteiger partial charge >= 0.3 is 0 Å². The van der Waals surface area contributed by atoms with Crippen LogP contribution >= 0.6 is 0 Å². The first-order valence-electron chi connectivity index (χ1n) is 5.11. The molecule has 4 fully saturated rings. The van der Waals surface area contributed by atoms with Crippen molar-refractivity contribution in [3.63, 3.8) is 0 Å². The Balaban J connectivity index is 1.95. The summed E-state index contributed by atoms with van der Waals surface area (Å²) in [6.07, 6.45) is 6.29. The SMILES string of the molecule is O=C1NC2CC3CC(C2)CC1C3. The van der Waals surface area contributed by atoms with E-state index < -0.39 is 0 Å². The first-order valence-corrected chi connectivity index (χ1v) is 5.11. The number of nitrogens with one attached hydrogen (secondary N) is 1. The van der Waals surface area contributed by atoms with Crippen molar-refractivity contribution in [3.05, 3.63) is 0 Å². The molecule has 0 aromatic rings. The van der Waals surface area contributed by atoms with Crippen molar-refractivity contribution in [2.75, 3.05) is 0 Å². The summed E-state index contributed by atoms with van der Waals surface area (Å²) in [6, 6.07) is 0.536. The van der Waals surface area contributed by atoms with Gasteiger partial charge in [-0.15, -0.1) is 0 Å². The van der Waals surface area contributed by atoms with Crippen LogP contribution in [0, 0.1) is 17.8 Å². The molecule has 2 nitrogen and oxygen atoms in total. The van der Waals surface area contributed by atoms with Crippen LogP contribution in [-0.4, -0.2) is 11.9 Å². The third kappa shape index (κ3) is 0.900.